The molecule has 4 fully saturated rings. The van der Waals surface area contributed by atoms with E-state index >= 15 is 0 Å². The number of anilines is 3. The van der Waals surface area contributed by atoms with E-state index in [4.69, 9.17) is 0 Å². The smallest absolute Gasteiger partial charge is 0.0714 e. The second-order valence-corrected chi connectivity index (χ2v) is 26.9. The van der Waals surface area contributed by atoms with Crippen LogP contribution in [0.1, 0.15) is 143 Å². The van der Waals surface area contributed by atoms with Crippen LogP contribution in [0.25, 0.3) is 44.5 Å². The van der Waals surface area contributed by atoms with E-state index in [1.54, 1.807) is 11.1 Å². The Labute approximate surface area is 458 Å². The van der Waals surface area contributed by atoms with Crippen LogP contribution in [0.2, 0.25) is 0 Å². The van der Waals surface area contributed by atoms with Crippen molar-refractivity contribution in [1.29, 1.82) is 0 Å². The van der Waals surface area contributed by atoms with Crippen LogP contribution in [-0.2, 0) is 27.1 Å². The van der Waals surface area contributed by atoms with Crippen LogP contribution in [0.15, 0.2) is 200 Å². The SMILES string of the molecule is CC(C)(C)c1cccc(C2(c3cccc(C(C)(C)C)c3)c3ccccc3-c3c(N(c4ccc5c(c4)C4(c6ccccc6-5)C5CC6CC(C5)CC4C6)c4ccccc4-c4cccc5c4C(C)(C)c4ccccc4-5)cccc32)c1. The minimum Gasteiger partial charge on any atom is -0.309 e. The highest BCUT2D eigenvalue weighted by Gasteiger charge is 2.62. The van der Waals surface area contributed by atoms with E-state index in [9.17, 15) is 0 Å². The maximum absolute atomic E-state index is 2.72. The zero-order valence-electron chi connectivity index (χ0n) is 46.3. The van der Waals surface area contributed by atoms with Crippen LogP contribution in [0.4, 0.5) is 17.1 Å². The number of hydrogen-bond acceptors (Lipinski definition) is 1. The summed E-state index contributed by atoms with van der Waals surface area (Å²) in [5.41, 5.74) is 27.5. The topological polar surface area (TPSA) is 3.24 Å². The van der Waals surface area contributed by atoms with Gasteiger partial charge < -0.3 is 4.90 Å². The van der Waals surface area contributed by atoms with Crippen molar-refractivity contribution in [2.24, 2.45) is 23.7 Å². The number of benzene rings is 9. The Morgan fingerprint density at radius 3 is 1.48 bits per heavy atom. The minimum absolute atomic E-state index is 0.0210. The van der Waals surface area contributed by atoms with E-state index < -0.39 is 5.41 Å². The third kappa shape index (κ3) is 6.47. The average molecular weight is 998 g/mol. The van der Waals surface area contributed by atoms with Crippen molar-refractivity contribution in [3.63, 3.8) is 0 Å². The van der Waals surface area contributed by atoms with Gasteiger partial charge >= 0.3 is 0 Å². The Kier molecular flexibility index (Phi) is 10.0. The van der Waals surface area contributed by atoms with Crippen molar-refractivity contribution < 1.29 is 0 Å². The van der Waals surface area contributed by atoms with Gasteiger partial charge in [0.2, 0.25) is 0 Å². The fraction of sp³-hybridized carbons (Fsp3) is 0.289. The van der Waals surface area contributed by atoms with E-state index in [-0.39, 0.29) is 21.7 Å². The second kappa shape index (κ2) is 16.4. The number of nitrogens with zero attached hydrogens (tertiary/aromatic N) is 1. The van der Waals surface area contributed by atoms with Crippen molar-refractivity contribution in [1.82, 2.24) is 0 Å². The molecule has 0 amide bonds. The second-order valence-electron chi connectivity index (χ2n) is 26.9. The maximum atomic E-state index is 2.72. The van der Waals surface area contributed by atoms with Crippen LogP contribution in [0.3, 0.4) is 0 Å². The molecule has 380 valence electrons. The molecule has 0 aromatic heterocycles. The molecule has 0 unspecified atom stereocenters. The summed E-state index contributed by atoms with van der Waals surface area (Å²) in [5.74, 6) is 3.06. The molecule has 9 aromatic carbocycles. The van der Waals surface area contributed by atoms with Crippen LogP contribution >= 0.6 is 0 Å². The number of hydrogen-bond donors (Lipinski definition) is 0. The molecule has 0 heterocycles. The molecule has 1 heteroatoms. The van der Waals surface area contributed by atoms with Gasteiger partial charge in [0.25, 0.3) is 0 Å². The van der Waals surface area contributed by atoms with Crippen molar-refractivity contribution in [3.8, 4) is 44.5 Å². The summed E-state index contributed by atoms with van der Waals surface area (Å²) < 4.78 is 0. The summed E-state index contributed by atoms with van der Waals surface area (Å²) in [6, 6.07) is 78.9. The first-order valence-electron chi connectivity index (χ1n) is 29.0. The third-order valence-electron chi connectivity index (χ3n) is 20.4. The molecule has 1 nitrogen and oxygen atoms in total. The normalized spacial score (nSPS) is 22.3. The molecule has 4 bridgehead atoms. The highest BCUT2D eigenvalue weighted by molar-refractivity contribution is 6.01. The molecular formula is C76H71N. The monoisotopic (exact) mass is 998 g/mol. The Morgan fingerprint density at radius 1 is 0.377 bits per heavy atom. The van der Waals surface area contributed by atoms with Crippen molar-refractivity contribution in [2.45, 2.75) is 115 Å². The molecule has 7 aliphatic rings. The number of rotatable bonds is 6. The van der Waals surface area contributed by atoms with Crippen molar-refractivity contribution in [2.75, 3.05) is 4.90 Å². The maximum Gasteiger partial charge on any atom is 0.0714 e. The molecule has 1 spiro atoms. The van der Waals surface area contributed by atoms with E-state index in [1.807, 2.05) is 0 Å². The van der Waals surface area contributed by atoms with Gasteiger partial charge in [-0.1, -0.05) is 231 Å². The summed E-state index contributed by atoms with van der Waals surface area (Å²) in [4.78, 5) is 2.72. The number of fused-ring (bicyclic) bond motifs is 9. The molecule has 7 aliphatic carbocycles. The van der Waals surface area contributed by atoms with E-state index in [0.717, 1.165) is 11.8 Å². The lowest BCUT2D eigenvalue weighted by Crippen LogP contribution is -2.55. The van der Waals surface area contributed by atoms with Gasteiger partial charge in [0.15, 0.2) is 0 Å². The summed E-state index contributed by atoms with van der Waals surface area (Å²) in [6.45, 7) is 19.0. The minimum atomic E-state index is -0.601. The largest absolute Gasteiger partial charge is 0.309 e. The standard InChI is InChI=1S/C76H71N/c1-72(2,3)49-21-17-23-51(44-49)75(52-24-18-22-50(45-52)73(4,5)6)65-33-15-11-28-62(65)70-66(75)34-20-36-69(70)77(68-35-16-12-27-59(68)61-30-19-29-60-57-26-9-13-31-63(57)74(7,8)71(60)61)55-37-38-58-56-25-10-14-32-64(56)76(67(58)46-55)53-40-47-39-48(42-53)43-54(76)41-47/h9-38,44-48,53-54H,39-43H2,1-8H3. The Hall–Kier alpha value is -7.22. The fourth-order valence-electron chi connectivity index (χ4n) is 17.4. The fourth-order valence-corrected chi connectivity index (χ4v) is 17.4. The molecule has 0 aliphatic heterocycles. The molecule has 0 atom stereocenters. The average Bonchev–Trinajstić information content (AvgIpc) is 4.24. The summed E-state index contributed by atoms with van der Waals surface area (Å²) in [5, 5.41) is 0. The zero-order valence-corrected chi connectivity index (χ0v) is 46.3. The predicted molar refractivity (Wildman–Crippen MR) is 322 cm³/mol. The van der Waals surface area contributed by atoms with Crippen LogP contribution in [-0.4, -0.2) is 0 Å². The Balaban J connectivity index is 1.04. The van der Waals surface area contributed by atoms with Crippen molar-refractivity contribution >= 4 is 17.1 Å². The lowest BCUT2D eigenvalue weighted by molar-refractivity contribution is -0.0399. The Bertz CT molecular complexity index is 3820. The third-order valence-corrected chi connectivity index (χ3v) is 20.4. The van der Waals surface area contributed by atoms with Gasteiger partial charge in [-0.05, 0) is 180 Å². The first-order chi connectivity index (χ1) is 37.2. The van der Waals surface area contributed by atoms with Gasteiger partial charge in [-0.25, -0.2) is 0 Å². The lowest BCUT2D eigenvalue weighted by atomic mass is 9.43. The highest BCUT2D eigenvalue weighted by atomic mass is 15.1. The molecule has 4 saturated carbocycles. The molecule has 77 heavy (non-hydrogen) atoms. The van der Waals surface area contributed by atoms with E-state index in [2.05, 4.69) is 260 Å². The summed E-state index contributed by atoms with van der Waals surface area (Å²) in [6.07, 6.45) is 6.86. The quantitative estimate of drug-likeness (QED) is 0.160. The van der Waals surface area contributed by atoms with Gasteiger partial charge in [0, 0.05) is 27.6 Å². The molecule has 0 radical (unpaired) electrons. The molecular weight excluding hydrogens is 927 g/mol. The van der Waals surface area contributed by atoms with E-state index in [1.165, 1.54) is 138 Å². The summed E-state index contributed by atoms with van der Waals surface area (Å²) >= 11 is 0. The highest BCUT2D eigenvalue weighted by Crippen LogP contribution is 2.70. The Morgan fingerprint density at radius 2 is 0.844 bits per heavy atom. The zero-order chi connectivity index (χ0) is 52.4. The van der Waals surface area contributed by atoms with Gasteiger partial charge in [-0.15, -0.1) is 0 Å². The van der Waals surface area contributed by atoms with Gasteiger partial charge in [0.1, 0.15) is 0 Å². The van der Waals surface area contributed by atoms with Gasteiger partial charge in [0.05, 0.1) is 16.8 Å². The predicted octanol–water partition coefficient (Wildman–Crippen LogP) is 19.8. The first kappa shape index (κ1) is 47.0. The molecule has 9 aromatic rings. The lowest BCUT2D eigenvalue weighted by Gasteiger charge is -2.61. The summed E-state index contributed by atoms with van der Waals surface area (Å²) in [7, 11) is 0. The molecule has 16 rings (SSSR count). The van der Waals surface area contributed by atoms with Crippen LogP contribution in [0, 0.1) is 23.7 Å². The van der Waals surface area contributed by atoms with Crippen molar-refractivity contribution in [3.05, 3.63) is 256 Å². The van der Waals surface area contributed by atoms with Gasteiger partial charge in [-0.3, -0.25) is 0 Å². The van der Waals surface area contributed by atoms with Crippen LogP contribution in [0.5, 0.6) is 0 Å². The molecule has 0 N–H and O–H groups in total. The number of para-hydroxylation sites is 1. The van der Waals surface area contributed by atoms with E-state index in [0.29, 0.717) is 11.8 Å². The van der Waals surface area contributed by atoms with Crippen LogP contribution < -0.4 is 4.90 Å². The first-order valence-corrected chi connectivity index (χ1v) is 29.0. The van der Waals surface area contributed by atoms with Gasteiger partial charge in [-0.2, -0.15) is 0 Å². The molecule has 0 saturated heterocycles.